The summed E-state index contributed by atoms with van der Waals surface area (Å²) in [4.78, 5) is 2.90. The Labute approximate surface area is 152 Å². The highest BCUT2D eigenvalue weighted by atomic mass is 19.2. The average molecular weight is 357 g/mol. The summed E-state index contributed by atoms with van der Waals surface area (Å²) >= 11 is 0. The van der Waals surface area contributed by atoms with E-state index in [0.29, 0.717) is 5.92 Å². The van der Waals surface area contributed by atoms with Gasteiger partial charge in [-0.3, -0.25) is 0 Å². The second-order valence-electron chi connectivity index (χ2n) is 6.91. The van der Waals surface area contributed by atoms with Gasteiger partial charge in [0.15, 0.2) is 5.82 Å². The van der Waals surface area contributed by atoms with Gasteiger partial charge >= 0.3 is 0 Å². The second-order valence-corrected chi connectivity index (χ2v) is 6.91. The fourth-order valence-electron chi connectivity index (χ4n) is 3.53. The highest BCUT2D eigenvalue weighted by molar-refractivity contribution is 5.34. The first kappa shape index (κ1) is 18.5. The molecule has 0 bridgehead atoms. The van der Waals surface area contributed by atoms with Crippen LogP contribution in [0.5, 0.6) is 0 Å². The fraction of sp³-hybridized carbons (Fsp3) is 0.409. The zero-order valence-corrected chi connectivity index (χ0v) is 14.9. The van der Waals surface area contributed by atoms with E-state index in [1.54, 1.807) is 0 Å². The predicted octanol–water partition coefficient (Wildman–Crippen LogP) is 5.78. The SMILES string of the molecule is CCCc1ccc(C2CCC(C#Cc3cc(F)c(F)nc3F)CC2)cc1. The van der Waals surface area contributed by atoms with Crippen LogP contribution >= 0.6 is 0 Å². The molecule has 0 saturated heterocycles. The molecule has 4 heteroatoms. The first-order chi connectivity index (χ1) is 12.6. The highest BCUT2D eigenvalue weighted by Gasteiger charge is 2.21. The van der Waals surface area contributed by atoms with Gasteiger partial charge in [-0.05, 0) is 55.2 Å². The molecule has 1 fully saturated rings. The maximum atomic E-state index is 13.5. The summed E-state index contributed by atoms with van der Waals surface area (Å²) in [5, 5.41) is 0. The van der Waals surface area contributed by atoms with Gasteiger partial charge < -0.3 is 0 Å². The van der Waals surface area contributed by atoms with Crippen molar-refractivity contribution in [3.8, 4) is 11.8 Å². The molecule has 0 amide bonds. The highest BCUT2D eigenvalue weighted by Crippen LogP contribution is 2.35. The molecule has 26 heavy (non-hydrogen) atoms. The summed E-state index contributed by atoms with van der Waals surface area (Å²) < 4.78 is 39.6. The molecule has 0 N–H and O–H groups in total. The molecule has 1 saturated carbocycles. The number of halogens is 3. The normalized spacial score (nSPS) is 19.7. The minimum absolute atomic E-state index is 0.151. The number of hydrogen-bond acceptors (Lipinski definition) is 1. The molecule has 0 atom stereocenters. The molecule has 2 aromatic rings. The molecule has 0 spiro atoms. The van der Waals surface area contributed by atoms with Crippen LogP contribution in [0.3, 0.4) is 0 Å². The smallest absolute Gasteiger partial charge is 0.202 e. The lowest BCUT2D eigenvalue weighted by atomic mass is 9.79. The Morgan fingerprint density at radius 2 is 1.69 bits per heavy atom. The van der Waals surface area contributed by atoms with E-state index in [9.17, 15) is 13.2 Å². The van der Waals surface area contributed by atoms with E-state index < -0.39 is 17.7 Å². The third-order valence-electron chi connectivity index (χ3n) is 5.01. The lowest BCUT2D eigenvalue weighted by Gasteiger charge is -2.26. The maximum Gasteiger partial charge on any atom is 0.251 e. The molecule has 136 valence electrons. The van der Waals surface area contributed by atoms with Crippen molar-refractivity contribution in [1.29, 1.82) is 0 Å². The predicted molar refractivity (Wildman–Crippen MR) is 96.1 cm³/mol. The zero-order chi connectivity index (χ0) is 18.5. The van der Waals surface area contributed by atoms with Gasteiger partial charge in [0.25, 0.3) is 5.95 Å². The van der Waals surface area contributed by atoms with E-state index in [-0.39, 0.29) is 11.5 Å². The Morgan fingerprint density at radius 3 is 2.35 bits per heavy atom. The summed E-state index contributed by atoms with van der Waals surface area (Å²) in [7, 11) is 0. The summed E-state index contributed by atoms with van der Waals surface area (Å²) in [6.45, 7) is 2.18. The Morgan fingerprint density at radius 1 is 1.00 bits per heavy atom. The Bertz CT molecular complexity index is 810. The van der Waals surface area contributed by atoms with Crippen LogP contribution < -0.4 is 0 Å². The van der Waals surface area contributed by atoms with Crippen molar-refractivity contribution in [3.05, 3.63) is 64.7 Å². The van der Waals surface area contributed by atoms with Crippen LogP contribution in [0.4, 0.5) is 13.2 Å². The molecule has 1 aliphatic rings. The van der Waals surface area contributed by atoms with E-state index in [4.69, 9.17) is 0 Å². The first-order valence-corrected chi connectivity index (χ1v) is 9.18. The Balaban J connectivity index is 1.60. The van der Waals surface area contributed by atoms with Crippen molar-refractivity contribution >= 4 is 0 Å². The molecule has 1 aromatic heterocycles. The number of benzene rings is 1. The minimum atomic E-state index is -1.43. The van der Waals surface area contributed by atoms with Gasteiger partial charge in [-0.25, -0.2) is 4.39 Å². The first-order valence-electron chi connectivity index (χ1n) is 9.18. The molecular formula is C22H22F3N. The van der Waals surface area contributed by atoms with Crippen molar-refractivity contribution in [1.82, 2.24) is 4.98 Å². The van der Waals surface area contributed by atoms with Gasteiger partial charge in [-0.1, -0.05) is 49.5 Å². The molecule has 1 aliphatic carbocycles. The zero-order valence-electron chi connectivity index (χ0n) is 14.9. The van der Waals surface area contributed by atoms with Gasteiger partial charge in [-0.2, -0.15) is 13.8 Å². The van der Waals surface area contributed by atoms with Crippen LogP contribution in [0.1, 0.15) is 61.6 Å². The van der Waals surface area contributed by atoms with Crippen LogP contribution in [0.15, 0.2) is 30.3 Å². The van der Waals surface area contributed by atoms with E-state index in [1.165, 1.54) is 11.1 Å². The topological polar surface area (TPSA) is 12.9 Å². The van der Waals surface area contributed by atoms with Crippen LogP contribution in [0.25, 0.3) is 0 Å². The Kier molecular flexibility index (Phi) is 5.98. The summed E-state index contributed by atoms with van der Waals surface area (Å²) in [5.41, 5.74) is 2.56. The lowest BCUT2D eigenvalue weighted by Crippen LogP contribution is -2.12. The minimum Gasteiger partial charge on any atom is -0.202 e. The van der Waals surface area contributed by atoms with E-state index in [1.807, 2.05) is 0 Å². The molecule has 1 heterocycles. The van der Waals surface area contributed by atoms with Gasteiger partial charge in [0, 0.05) is 5.92 Å². The van der Waals surface area contributed by atoms with Gasteiger partial charge in [-0.15, -0.1) is 0 Å². The lowest BCUT2D eigenvalue weighted by molar-refractivity contribution is 0.384. The number of hydrogen-bond donors (Lipinski definition) is 0. The quantitative estimate of drug-likeness (QED) is 0.501. The number of nitrogens with zero attached hydrogens (tertiary/aromatic N) is 1. The van der Waals surface area contributed by atoms with Crippen LogP contribution in [0, 0.1) is 35.5 Å². The van der Waals surface area contributed by atoms with Crippen molar-refractivity contribution in [3.63, 3.8) is 0 Å². The summed E-state index contributed by atoms with van der Waals surface area (Å²) in [6.07, 6.45) is 6.17. The maximum absolute atomic E-state index is 13.5. The fourth-order valence-corrected chi connectivity index (χ4v) is 3.53. The average Bonchev–Trinajstić information content (AvgIpc) is 2.65. The third-order valence-corrected chi connectivity index (χ3v) is 5.01. The number of pyridine rings is 1. The van der Waals surface area contributed by atoms with Crippen LogP contribution in [0.2, 0.25) is 0 Å². The van der Waals surface area contributed by atoms with Gasteiger partial charge in [0.2, 0.25) is 5.95 Å². The number of aryl methyl sites for hydroxylation is 1. The van der Waals surface area contributed by atoms with E-state index >= 15 is 0 Å². The van der Waals surface area contributed by atoms with Gasteiger partial charge in [0.1, 0.15) is 0 Å². The van der Waals surface area contributed by atoms with E-state index in [0.717, 1.165) is 44.6 Å². The van der Waals surface area contributed by atoms with Crippen LogP contribution in [-0.4, -0.2) is 4.98 Å². The number of aromatic nitrogens is 1. The number of rotatable bonds is 3. The molecule has 1 nitrogen and oxygen atoms in total. The summed E-state index contributed by atoms with van der Waals surface area (Å²) in [6, 6.07) is 9.65. The van der Waals surface area contributed by atoms with E-state index in [2.05, 4.69) is 48.0 Å². The van der Waals surface area contributed by atoms with Crippen molar-refractivity contribution in [2.24, 2.45) is 5.92 Å². The third kappa shape index (κ3) is 4.46. The monoisotopic (exact) mass is 357 g/mol. The van der Waals surface area contributed by atoms with Crippen LogP contribution in [-0.2, 0) is 6.42 Å². The standard InChI is InChI=1S/C22H22F3N/c1-2-3-15-4-9-17(10-5-15)18-11-6-16(7-12-18)8-13-19-14-20(23)22(25)26-21(19)24/h4-5,9-10,14,16,18H,2-3,6-7,11-12H2,1H3. The molecule has 0 unspecified atom stereocenters. The molecular weight excluding hydrogens is 335 g/mol. The summed E-state index contributed by atoms with van der Waals surface area (Å²) in [5.74, 6) is 2.66. The Hall–Kier alpha value is -2.28. The van der Waals surface area contributed by atoms with Crippen molar-refractivity contribution < 1.29 is 13.2 Å². The molecule has 3 rings (SSSR count). The largest absolute Gasteiger partial charge is 0.251 e. The molecule has 1 aromatic carbocycles. The van der Waals surface area contributed by atoms with Crippen molar-refractivity contribution in [2.75, 3.05) is 0 Å². The van der Waals surface area contributed by atoms with Gasteiger partial charge in [0.05, 0.1) is 5.56 Å². The molecule has 0 radical (unpaired) electrons. The molecule has 0 aliphatic heterocycles. The van der Waals surface area contributed by atoms with Crippen molar-refractivity contribution in [2.45, 2.75) is 51.4 Å². The second kappa shape index (κ2) is 8.40.